The molecule has 1 unspecified atom stereocenters. The normalized spacial score (nSPS) is 20.6. The molecule has 1 aliphatic heterocycles. The summed E-state index contributed by atoms with van der Waals surface area (Å²) >= 11 is 0. The molecule has 0 radical (unpaired) electrons. The molecular formula is C15H21N3. The third-order valence-corrected chi connectivity index (χ3v) is 3.92. The lowest BCUT2D eigenvalue weighted by molar-refractivity contribution is 0.351. The minimum Gasteiger partial charge on any atom is -0.356 e. The predicted octanol–water partition coefficient (Wildman–Crippen LogP) is 3.22. The largest absolute Gasteiger partial charge is 0.356 e. The van der Waals surface area contributed by atoms with Gasteiger partial charge in [-0.2, -0.15) is 5.26 Å². The van der Waals surface area contributed by atoms with E-state index in [9.17, 15) is 0 Å². The number of hydrogen-bond acceptors (Lipinski definition) is 3. The van der Waals surface area contributed by atoms with E-state index in [1.54, 1.807) is 6.20 Å². The van der Waals surface area contributed by atoms with Gasteiger partial charge in [0.1, 0.15) is 11.9 Å². The first-order valence-electron chi connectivity index (χ1n) is 6.82. The predicted molar refractivity (Wildman–Crippen MR) is 73.3 cm³/mol. The summed E-state index contributed by atoms with van der Waals surface area (Å²) < 4.78 is 0. The van der Waals surface area contributed by atoms with E-state index < -0.39 is 0 Å². The maximum absolute atomic E-state index is 9.14. The zero-order valence-corrected chi connectivity index (χ0v) is 11.3. The van der Waals surface area contributed by atoms with Crippen molar-refractivity contribution in [3.05, 3.63) is 23.9 Å². The van der Waals surface area contributed by atoms with Crippen molar-refractivity contribution in [1.82, 2.24) is 4.98 Å². The lowest BCUT2D eigenvalue weighted by Crippen LogP contribution is -2.26. The average Bonchev–Trinajstić information content (AvgIpc) is 2.64. The molecule has 1 aromatic heterocycles. The summed E-state index contributed by atoms with van der Waals surface area (Å²) in [7, 11) is 0. The molecule has 0 aromatic carbocycles. The van der Waals surface area contributed by atoms with Crippen LogP contribution in [0.1, 0.15) is 38.7 Å². The second kappa shape index (κ2) is 5.86. The molecule has 1 aromatic rings. The SMILES string of the molecule is CC(C)C1CCCN(c2ncccc2C#N)CC1. The summed E-state index contributed by atoms with van der Waals surface area (Å²) in [5, 5.41) is 9.14. The van der Waals surface area contributed by atoms with Gasteiger partial charge < -0.3 is 4.90 Å². The molecule has 0 bridgehead atoms. The Kier molecular flexibility index (Phi) is 4.19. The fourth-order valence-electron chi connectivity index (χ4n) is 2.74. The van der Waals surface area contributed by atoms with Gasteiger partial charge in [-0.3, -0.25) is 0 Å². The molecule has 1 fully saturated rings. The van der Waals surface area contributed by atoms with Crippen LogP contribution in [-0.2, 0) is 0 Å². The molecule has 96 valence electrons. The van der Waals surface area contributed by atoms with E-state index in [0.29, 0.717) is 5.56 Å². The topological polar surface area (TPSA) is 39.9 Å². The van der Waals surface area contributed by atoms with Crippen molar-refractivity contribution in [3.8, 4) is 6.07 Å². The number of anilines is 1. The van der Waals surface area contributed by atoms with Crippen LogP contribution in [0.3, 0.4) is 0 Å². The van der Waals surface area contributed by atoms with Crippen LogP contribution in [0.4, 0.5) is 5.82 Å². The first kappa shape index (κ1) is 12.9. The summed E-state index contributed by atoms with van der Waals surface area (Å²) in [4.78, 5) is 6.67. The summed E-state index contributed by atoms with van der Waals surface area (Å²) in [6.45, 7) is 6.66. The zero-order chi connectivity index (χ0) is 13.0. The molecule has 0 aliphatic carbocycles. The average molecular weight is 243 g/mol. The second-order valence-electron chi connectivity index (χ2n) is 5.41. The van der Waals surface area contributed by atoms with Crippen molar-refractivity contribution < 1.29 is 0 Å². The highest BCUT2D eigenvalue weighted by Crippen LogP contribution is 2.27. The molecule has 2 heterocycles. The van der Waals surface area contributed by atoms with E-state index in [1.807, 2.05) is 12.1 Å². The van der Waals surface area contributed by atoms with Crippen molar-refractivity contribution in [2.24, 2.45) is 11.8 Å². The van der Waals surface area contributed by atoms with Crippen LogP contribution < -0.4 is 4.90 Å². The quantitative estimate of drug-likeness (QED) is 0.800. The maximum atomic E-state index is 9.14. The van der Waals surface area contributed by atoms with Gasteiger partial charge in [-0.1, -0.05) is 13.8 Å². The van der Waals surface area contributed by atoms with E-state index in [2.05, 4.69) is 29.8 Å². The van der Waals surface area contributed by atoms with Gasteiger partial charge in [-0.25, -0.2) is 4.98 Å². The Labute approximate surface area is 109 Å². The molecule has 0 spiro atoms. The maximum Gasteiger partial charge on any atom is 0.146 e. The number of rotatable bonds is 2. The number of nitriles is 1. The smallest absolute Gasteiger partial charge is 0.146 e. The highest BCUT2D eigenvalue weighted by Gasteiger charge is 2.21. The van der Waals surface area contributed by atoms with Gasteiger partial charge in [0.25, 0.3) is 0 Å². The van der Waals surface area contributed by atoms with Crippen molar-refractivity contribution in [2.45, 2.75) is 33.1 Å². The number of hydrogen-bond donors (Lipinski definition) is 0. The molecule has 18 heavy (non-hydrogen) atoms. The Morgan fingerprint density at radius 1 is 1.39 bits per heavy atom. The van der Waals surface area contributed by atoms with Crippen LogP contribution in [0.15, 0.2) is 18.3 Å². The van der Waals surface area contributed by atoms with Crippen molar-refractivity contribution >= 4 is 5.82 Å². The van der Waals surface area contributed by atoms with Gasteiger partial charge in [0.2, 0.25) is 0 Å². The monoisotopic (exact) mass is 243 g/mol. The molecule has 0 N–H and O–H groups in total. The van der Waals surface area contributed by atoms with Crippen molar-refractivity contribution in [2.75, 3.05) is 18.0 Å². The van der Waals surface area contributed by atoms with Gasteiger partial charge in [0.15, 0.2) is 0 Å². The highest BCUT2D eigenvalue weighted by atomic mass is 15.2. The Bertz CT molecular complexity index is 434. The van der Waals surface area contributed by atoms with Crippen molar-refractivity contribution in [1.29, 1.82) is 5.26 Å². The third-order valence-electron chi connectivity index (χ3n) is 3.92. The van der Waals surface area contributed by atoms with E-state index >= 15 is 0 Å². The summed E-state index contributed by atoms with van der Waals surface area (Å²) in [6, 6.07) is 5.93. The van der Waals surface area contributed by atoms with Crippen LogP contribution in [0, 0.1) is 23.2 Å². The Balaban J connectivity index is 2.13. The van der Waals surface area contributed by atoms with Crippen LogP contribution >= 0.6 is 0 Å². The van der Waals surface area contributed by atoms with Gasteiger partial charge >= 0.3 is 0 Å². The molecule has 0 amide bonds. The fourth-order valence-corrected chi connectivity index (χ4v) is 2.74. The Morgan fingerprint density at radius 3 is 2.94 bits per heavy atom. The first-order valence-corrected chi connectivity index (χ1v) is 6.82. The fraction of sp³-hybridized carbons (Fsp3) is 0.600. The molecule has 3 nitrogen and oxygen atoms in total. The number of aromatic nitrogens is 1. The lowest BCUT2D eigenvalue weighted by Gasteiger charge is -2.23. The van der Waals surface area contributed by atoms with E-state index in [4.69, 9.17) is 5.26 Å². The standard InChI is InChI=1S/C15H21N3/c1-12(2)13-6-4-9-18(10-7-13)15-14(11-16)5-3-8-17-15/h3,5,8,12-13H,4,6-7,9-10H2,1-2H3. The Hall–Kier alpha value is -1.56. The molecule has 0 saturated carbocycles. The Morgan fingerprint density at radius 2 is 2.22 bits per heavy atom. The molecule has 1 saturated heterocycles. The van der Waals surface area contributed by atoms with E-state index in [-0.39, 0.29) is 0 Å². The van der Waals surface area contributed by atoms with E-state index in [0.717, 1.165) is 30.7 Å². The summed E-state index contributed by atoms with van der Waals surface area (Å²) in [6.07, 6.45) is 5.48. The van der Waals surface area contributed by atoms with Crippen molar-refractivity contribution in [3.63, 3.8) is 0 Å². The van der Waals surface area contributed by atoms with Crippen LogP contribution in [0.5, 0.6) is 0 Å². The third kappa shape index (κ3) is 2.81. The summed E-state index contributed by atoms with van der Waals surface area (Å²) in [5.41, 5.74) is 0.695. The highest BCUT2D eigenvalue weighted by molar-refractivity contribution is 5.53. The molecule has 3 heteroatoms. The van der Waals surface area contributed by atoms with Gasteiger partial charge in [0.05, 0.1) is 5.56 Å². The summed E-state index contributed by atoms with van der Waals surface area (Å²) in [5.74, 6) is 2.43. The van der Waals surface area contributed by atoms with Gasteiger partial charge in [0, 0.05) is 19.3 Å². The number of pyridine rings is 1. The minimum absolute atomic E-state index is 0.695. The number of nitrogens with zero attached hydrogens (tertiary/aromatic N) is 3. The molecule has 1 aliphatic rings. The van der Waals surface area contributed by atoms with Gasteiger partial charge in [-0.05, 0) is 43.2 Å². The van der Waals surface area contributed by atoms with E-state index in [1.165, 1.54) is 19.3 Å². The first-order chi connectivity index (χ1) is 8.72. The second-order valence-corrected chi connectivity index (χ2v) is 5.41. The minimum atomic E-state index is 0.695. The van der Waals surface area contributed by atoms with Crippen LogP contribution in [-0.4, -0.2) is 18.1 Å². The zero-order valence-electron chi connectivity index (χ0n) is 11.3. The molecule has 2 rings (SSSR count). The van der Waals surface area contributed by atoms with Gasteiger partial charge in [-0.15, -0.1) is 0 Å². The lowest BCUT2D eigenvalue weighted by atomic mass is 9.89. The molecule has 1 atom stereocenters. The van der Waals surface area contributed by atoms with Crippen LogP contribution in [0.25, 0.3) is 0 Å². The molecular weight excluding hydrogens is 222 g/mol. The van der Waals surface area contributed by atoms with Crippen LogP contribution in [0.2, 0.25) is 0 Å².